The molecule has 1 fully saturated rings. The molecule has 1 aliphatic rings. The van der Waals surface area contributed by atoms with E-state index in [2.05, 4.69) is 4.18 Å². The van der Waals surface area contributed by atoms with Crippen LogP contribution in [0.25, 0.3) is 0 Å². The third-order valence-electron chi connectivity index (χ3n) is 2.72. The maximum atomic E-state index is 11.7. The number of phenolic OH excluding ortho intramolecular Hbond substituents is 2. The maximum Gasteiger partial charge on any atom is 0.293 e. The van der Waals surface area contributed by atoms with E-state index in [0.29, 0.717) is 0 Å². The minimum absolute atomic E-state index is 0.189. The van der Waals surface area contributed by atoms with Crippen molar-refractivity contribution < 1.29 is 35.8 Å². The van der Waals surface area contributed by atoms with Crippen molar-refractivity contribution in [3.8, 4) is 11.5 Å². The Bertz CT molecular complexity index is 706. The molecule has 2 rings (SSSR count). The molecule has 0 amide bonds. The summed E-state index contributed by atoms with van der Waals surface area (Å²) in [6.45, 7) is 0. The number of benzene rings is 1. The van der Waals surface area contributed by atoms with E-state index in [1.54, 1.807) is 0 Å². The molecule has 106 valence electrons. The molecule has 0 spiro atoms. The van der Waals surface area contributed by atoms with Crippen molar-refractivity contribution in [3.05, 3.63) is 23.8 Å². The van der Waals surface area contributed by atoms with Crippen LogP contribution in [0.5, 0.6) is 11.5 Å². The van der Waals surface area contributed by atoms with Crippen LogP contribution in [-0.4, -0.2) is 37.0 Å². The van der Waals surface area contributed by atoms with Gasteiger partial charge in [-0.25, -0.2) is 4.18 Å². The number of phenols is 2. The van der Waals surface area contributed by atoms with Crippen LogP contribution < -0.4 is 0 Å². The summed E-state index contributed by atoms with van der Waals surface area (Å²) in [5, 5.41) is 17.4. The molecule has 0 saturated carbocycles. The summed E-state index contributed by atoms with van der Waals surface area (Å²) in [5.41, 5.74) is -2.10. The Morgan fingerprint density at radius 2 is 1.89 bits per heavy atom. The zero-order chi connectivity index (χ0) is 14.4. The van der Waals surface area contributed by atoms with Gasteiger partial charge in [-0.3, -0.25) is 4.55 Å². The van der Waals surface area contributed by atoms with E-state index in [1.807, 2.05) is 0 Å². The van der Waals surface area contributed by atoms with Crippen molar-refractivity contribution in [2.45, 2.75) is 17.1 Å². The predicted octanol–water partition coefficient (Wildman–Crippen LogP) is 0.103. The molecule has 1 aliphatic heterocycles. The topological polar surface area (TPSA) is 138 Å². The average molecular weight is 310 g/mol. The van der Waals surface area contributed by atoms with E-state index in [4.69, 9.17) is 4.55 Å². The first-order valence-electron chi connectivity index (χ1n) is 5.02. The fourth-order valence-corrected chi connectivity index (χ4v) is 4.52. The number of para-hydroxylation sites is 1. The zero-order valence-electron chi connectivity index (χ0n) is 9.29. The second-order valence-corrected chi connectivity index (χ2v) is 7.28. The molecule has 1 aromatic carbocycles. The predicted molar refractivity (Wildman–Crippen MR) is 62.5 cm³/mol. The number of hydrogen-bond acceptors (Lipinski definition) is 7. The highest BCUT2D eigenvalue weighted by Crippen LogP contribution is 2.44. The second-order valence-electron chi connectivity index (χ2n) is 3.97. The molecule has 0 bridgehead atoms. The molecule has 1 heterocycles. The number of rotatable bonds is 2. The second kappa shape index (κ2) is 4.34. The molecule has 1 aromatic rings. The van der Waals surface area contributed by atoms with E-state index < -0.39 is 48.8 Å². The highest BCUT2D eigenvalue weighted by atomic mass is 32.2. The van der Waals surface area contributed by atoms with Gasteiger partial charge in [0, 0.05) is 12.0 Å². The van der Waals surface area contributed by atoms with Gasteiger partial charge < -0.3 is 10.2 Å². The lowest BCUT2D eigenvalue weighted by atomic mass is 10.1. The molecule has 0 aliphatic carbocycles. The number of hydrogen-bond donors (Lipinski definition) is 3. The van der Waals surface area contributed by atoms with Gasteiger partial charge >= 0.3 is 0 Å². The lowest BCUT2D eigenvalue weighted by Crippen LogP contribution is -2.19. The molecule has 10 heteroatoms. The van der Waals surface area contributed by atoms with Crippen LogP contribution >= 0.6 is 0 Å². The average Bonchev–Trinajstić information content (AvgIpc) is 2.58. The lowest BCUT2D eigenvalue weighted by molar-refractivity contribution is 0.287. The maximum absolute atomic E-state index is 11.7. The molecule has 1 saturated heterocycles. The van der Waals surface area contributed by atoms with E-state index in [0.717, 1.165) is 6.07 Å². The first-order chi connectivity index (χ1) is 8.63. The molecule has 19 heavy (non-hydrogen) atoms. The van der Waals surface area contributed by atoms with Gasteiger partial charge in [-0.05, 0) is 6.07 Å². The summed E-state index contributed by atoms with van der Waals surface area (Å²) in [6.07, 6.45) is -0.571. The molecule has 0 aromatic heterocycles. The molecular weight excluding hydrogens is 300 g/mol. The Morgan fingerprint density at radius 1 is 1.26 bits per heavy atom. The van der Waals surface area contributed by atoms with E-state index in [1.165, 1.54) is 12.1 Å². The van der Waals surface area contributed by atoms with Crippen molar-refractivity contribution in [2.24, 2.45) is 0 Å². The highest BCUT2D eigenvalue weighted by molar-refractivity contribution is 7.90. The van der Waals surface area contributed by atoms with Gasteiger partial charge in [0.15, 0.2) is 11.5 Å². The Labute approximate surface area is 109 Å². The minimum atomic E-state index is -4.68. The minimum Gasteiger partial charge on any atom is -0.504 e. The summed E-state index contributed by atoms with van der Waals surface area (Å²) in [6, 6.07) is 3.65. The van der Waals surface area contributed by atoms with Crippen LogP contribution in [0.4, 0.5) is 0 Å². The van der Waals surface area contributed by atoms with Gasteiger partial charge in [-0.2, -0.15) is 16.8 Å². The highest BCUT2D eigenvalue weighted by Gasteiger charge is 2.47. The van der Waals surface area contributed by atoms with Gasteiger partial charge in [-0.15, -0.1) is 0 Å². The largest absolute Gasteiger partial charge is 0.504 e. The quantitative estimate of drug-likeness (QED) is 0.397. The monoisotopic (exact) mass is 310 g/mol. The van der Waals surface area contributed by atoms with Gasteiger partial charge in [0.05, 0.1) is 0 Å². The van der Waals surface area contributed by atoms with Crippen molar-refractivity contribution in [2.75, 3.05) is 0 Å². The van der Waals surface area contributed by atoms with Crippen molar-refractivity contribution in [1.82, 2.24) is 0 Å². The van der Waals surface area contributed by atoms with Crippen LogP contribution in [0.2, 0.25) is 0 Å². The Hall–Kier alpha value is -1.36. The van der Waals surface area contributed by atoms with Gasteiger partial charge in [0.1, 0.15) is 5.25 Å². The molecule has 2 atom stereocenters. The van der Waals surface area contributed by atoms with Crippen LogP contribution in [0, 0.1) is 0 Å². The van der Waals surface area contributed by atoms with Crippen LogP contribution in [0.1, 0.15) is 17.2 Å². The molecular formula is C9H10O8S2. The molecule has 0 radical (unpaired) electrons. The first-order valence-corrected chi connectivity index (χ1v) is 7.99. The zero-order valence-corrected chi connectivity index (χ0v) is 10.9. The number of aromatic hydroxyl groups is 2. The fourth-order valence-electron chi connectivity index (χ4n) is 1.81. The van der Waals surface area contributed by atoms with Crippen LogP contribution in [0.15, 0.2) is 18.2 Å². The summed E-state index contributed by atoms with van der Waals surface area (Å²) < 4.78 is 58.3. The Morgan fingerprint density at radius 3 is 2.42 bits per heavy atom. The van der Waals surface area contributed by atoms with Crippen molar-refractivity contribution in [3.63, 3.8) is 0 Å². The summed E-state index contributed by atoms with van der Waals surface area (Å²) in [4.78, 5) is 0. The van der Waals surface area contributed by atoms with Crippen molar-refractivity contribution >= 4 is 20.2 Å². The van der Waals surface area contributed by atoms with Gasteiger partial charge in [-0.1, -0.05) is 12.1 Å². The van der Waals surface area contributed by atoms with E-state index in [-0.39, 0.29) is 5.56 Å². The third-order valence-corrected chi connectivity index (χ3v) is 5.44. The normalized spacial score (nSPS) is 26.4. The van der Waals surface area contributed by atoms with E-state index in [9.17, 15) is 27.0 Å². The van der Waals surface area contributed by atoms with Crippen LogP contribution in [-0.2, 0) is 24.4 Å². The molecule has 2 unspecified atom stereocenters. The van der Waals surface area contributed by atoms with E-state index >= 15 is 0 Å². The SMILES string of the molecule is O=S(=O)(O)C1CC(c2cccc(O)c2O)S(=O)(=O)O1. The molecule has 8 nitrogen and oxygen atoms in total. The summed E-state index contributed by atoms with van der Waals surface area (Å²) in [7, 11) is -9.00. The lowest BCUT2D eigenvalue weighted by Gasteiger charge is -2.10. The Kier molecular flexibility index (Phi) is 3.21. The van der Waals surface area contributed by atoms with Gasteiger partial charge in [0.2, 0.25) is 5.44 Å². The smallest absolute Gasteiger partial charge is 0.293 e. The summed E-state index contributed by atoms with van der Waals surface area (Å²) in [5.74, 6) is -1.21. The first kappa shape index (κ1) is 14.1. The molecule has 3 N–H and O–H groups in total. The standard InChI is InChI=1S/C9H10O8S2/c10-6-3-1-2-5(9(6)11)7-4-8(18(12,13)14)17-19(7,15)16/h1-3,7-8,10-11H,4H2,(H,12,13,14). The fraction of sp³-hybridized carbons (Fsp3) is 0.333. The Balaban J connectivity index is 2.49. The summed E-state index contributed by atoms with van der Waals surface area (Å²) >= 11 is 0. The third kappa shape index (κ3) is 2.52. The van der Waals surface area contributed by atoms with Crippen LogP contribution in [0.3, 0.4) is 0 Å². The van der Waals surface area contributed by atoms with Crippen molar-refractivity contribution in [1.29, 1.82) is 0 Å². The van der Waals surface area contributed by atoms with Gasteiger partial charge in [0.25, 0.3) is 20.2 Å².